The van der Waals surface area contributed by atoms with E-state index in [4.69, 9.17) is 9.47 Å². The minimum absolute atomic E-state index is 0.194. The van der Waals surface area contributed by atoms with Gasteiger partial charge in [0.25, 0.3) is 5.91 Å². The summed E-state index contributed by atoms with van der Waals surface area (Å²) in [5, 5.41) is 2.91. The standard InChI is InChI=1S/C24H31N3O4/c1-24(2,3)23(29)27-14-12-26(13-15-27)18-8-6-17(7-9-18)25-22(28)20-11-10-19(30-4)16-21(20)31-5/h6-11,16H,12-15H2,1-5H3,(H,25,28). The van der Waals surface area contributed by atoms with Crippen molar-refractivity contribution in [2.45, 2.75) is 20.8 Å². The van der Waals surface area contributed by atoms with E-state index in [-0.39, 0.29) is 17.2 Å². The van der Waals surface area contributed by atoms with Gasteiger partial charge in [0.05, 0.1) is 19.8 Å². The molecule has 0 radical (unpaired) electrons. The highest BCUT2D eigenvalue weighted by Gasteiger charge is 2.29. The molecule has 2 aromatic carbocycles. The predicted molar refractivity (Wildman–Crippen MR) is 122 cm³/mol. The number of rotatable bonds is 5. The lowest BCUT2D eigenvalue weighted by molar-refractivity contribution is -0.139. The largest absolute Gasteiger partial charge is 0.497 e. The summed E-state index contributed by atoms with van der Waals surface area (Å²) in [5.74, 6) is 1.03. The number of nitrogens with zero attached hydrogens (tertiary/aromatic N) is 2. The van der Waals surface area contributed by atoms with Gasteiger partial charge in [0, 0.05) is 49.0 Å². The molecule has 0 aliphatic carbocycles. The number of carbonyl (C=O) groups excluding carboxylic acids is 2. The van der Waals surface area contributed by atoms with Crippen LogP contribution in [0.2, 0.25) is 0 Å². The van der Waals surface area contributed by atoms with Gasteiger partial charge in [-0.1, -0.05) is 20.8 Å². The number of methoxy groups -OCH3 is 2. The average molecular weight is 426 g/mol. The number of amides is 2. The van der Waals surface area contributed by atoms with Gasteiger partial charge in [0.15, 0.2) is 0 Å². The first-order chi connectivity index (χ1) is 14.7. The molecule has 2 amide bonds. The van der Waals surface area contributed by atoms with Gasteiger partial charge >= 0.3 is 0 Å². The minimum Gasteiger partial charge on any atom is -0.497 e. The normalized spacial score (nSPS) is 14.2. The van der Waals surface area contributed by atoms with E-state index in [0.717, 1.165) is 18.8 Å². The molecule has 0 unspecified atom stereocenters. The first-order valence-corrected chi connectivity index (χ1v) is 10.4. The number of anilines is 2. The molecule has 1 aliphatic rings. The van der Waals surface area contributed by atoms with Crippen LogP contribution in [0.25, 0.3) is 0 Å². The van der Waals surface area contributed by atoms with Crippen LogP contribution < -0.4 is 19.7 Å². The van der Waals surface area contributed by atoms with Gasteiger partial charge < -0.3 is 24.6 Å². The molecular formula is C24H31N3O4. The summed E-state index contributed by atoms with van der Waals surface area (Å²) in [6.45, 7) is 8.87. The molecule has 1 saturated heterocycles. The molecule has 0 atom stereocenters. The summed E-state index contributed by atoms with van der Waals surface area (Å²) < 4.78 is 10.5. The second kappa shape index (κ2) is 9.29. The van der Waals surface area contributed by atoms with Gasteiger partial charge in [-0.2, -0.15) is 0 Å². The van der Waals surface area contributed by atoms with Crippen molar-refractivity contribution in [1.29, 1.82) is 0 Å². The maximum atomic E-state index is 12.7. The Morgan fingerprint density at radius 3 is 2.10 bits per heavy atom. The van der Waals surface area contributed by atoms with Gasteiger partial charge in [0.2, 0.25) is 5.91 Å². The first-order valence-electron chi connectivity index (χ1n) is 10.4. The maximum absolute atomic E-state index is 12.7. The molecule has 1 N–H and O–H groups in total. The van der Waals surface area contributed by atoms with Crippen LogP contribution in [0, 0.1) is 5.41 Å². The van der Waals surface area contributed by atoms with Crippen LogP contribution in [0.1, 0.15) is 31.1 Å². The van der Waals surface area contributed by atoms with Crippen LogP contribution in [-0.4, -0.2) is 57.1 Å². The fourth-order valence-corrected chi connectivity index (χ4v) is 3.58. The topological polar surface area (TPSA) is 71.1 Å². The lowest BCUT2D eigenvalue weighted by atomic mass is 9.94. The lowest BCUT2D eigenvalue weighted by Crippen LogP contribution is -2.51. The van der Waals surface area contributed by atoms with Crippen LogP contribution in [0.4, 0.5) is 11.4 Å². The van der Waals surface area contributed by atoms with Gasteiger partial charge in [-0.05, 0) is 36.4 Å². The highest BCUT2D eigenvalue weighted by molar-refractivity contribution is 6.06. The molecule has 1 heterocycles. The number of nitrogens with one attached hydrogen (secondary N) is 1. The third kappa shape index (κ3) is 5.29. The van der Waals surface area contributed by atoms with E-state index in [1.807, 2.05) is 49.9 Å². The van der Waals surface area contributed by atoms with Crippen LogP contribution in [0.3, 0.4) is 0 Å². The zero-order chi connectivity index (χ0) is 22.6. The van der Waals surface area contributed by atoms with Crippen molar-refractivity contribution in [1.82, 2.24) is 4.90 Å². The molecular weight excluding hydrogens is 394 g/mol. The summed E-state index contributed by atoms with van der Waals surface area (Å²) in [4.78, 5) is 29.3. The Kier molecular flexibility index (Phi) is 6.73. The SMILES string of the molecule is COc1ccc(C(=O)Nc2ccc(N3CCN(C(=O)C(C)(C)C)CC3)cc2)c(OC)c1. The van der Waals surface area contributed by atoms with Crippen LogP contribution >= 0.6 is 0 Å². The third-order valence-electron chi connectivity index (χ3n) is 5.35. The summed E-state index contributed by atoms with van der Waals surface area (Å²) in [6.07, 6.45) is 0. The summed E-state index contributed by atoms with van der Waals surface area (Å²) >= 11 is 0. The van der Waals surface area contributed by atoms with Gasteiger partial charge in [-0.15, -0.1) is 0 Å². The van der Waals surface area contributed by atoms with Crippen molar-refractivity contribution in [2.24, 2.45) is 5.41 Å². The maximum Gasteiger partial charge on any atom is 0.259 e. The fourth-order valence-electron chi connectivity index (χ4n) is 3.58. The van der Waals surface area contributed by atoms with Gasteiger partial charge in [-0.3, -0.25) is 9.59 Å². The molecule has 0 saturated carbocycles. The van der Waals surface area contributed by atoms with Crippen LogP contribution in [0.15, 0.2) is 42.5 Å². The number of carbonyl (C=O) groups is 2. The van der Waals surface area contributed by atoms with Crippen molar-refractivity contribution in [3.05, 3.63) is 48.0 Å². The van der Waals surface area contributed by atoms with Crippen LogP contribution in [0.5, 0.6) is 11.5 Å². The molecule has 0 bridgehead atoms. The molecule has 0 spiro atoms. The van der Waals surface area contributed by atoms with Crippen molar-refractivity contribution in [3.8, 4) is 11.5 Å². The van der Waals surface area contributed by atoms with E-state index >= 15 is 0 Å². The fraction of sp³-hybridized carbons (Fsp3) is 0.417. The Labute approximate surface area is 183 Å². The molecule has 0 aromatic heterocycles. The van der Waals surface area contributed by atoms with Crippen molar-refractivity contribution >= 4 is 23.2 Å². The Morgan fingerprint density at radius 1 is 0.903 bits per heavy atom. The molecule has 7 heteroatoms. The van der Waals surface area contributed by atoms with Crippen molar-refractivity contribution in [2.75, 3.05) is 50.6 Å². The first kappa shape index (κ1) is 22.5. The second-order valence-corrected chi connectivity index (χ2v) is 8.60. The zero-order valence-electron chi connectivity index (χ0n) is 18.9. The third-order valence-corrected chi connectivity index (χ3v) is 5.35. The Hall–Kier alpha value is -3.22. The zero-order valence-corrected chi connectivity index (χ0v) is 18.9. The average Bonchev–Trinajstić information content (AvgIpc) is 2.78. The van der Waals surface area contributed by atoms with Gasteiger partial charge in [-0.25, -0.2) is 0 Å². The summed E-state index contributed by atoms with van der Waals surface area (Å²) in [5.41, 5.74) is 1.86. The smallest absolute Gasteiger partial charge is 0.259 e. The highest BCUT2D eigenvalue weighted by Crippen LogP contribution is 2.26. The highest BCUT2D eigenvalue weighted by atomic mass is 16.5. The monoisotopic (exact) mass is 425 g/mol. The molecule has 1 fully saturated rings. The van der Waals surface area contributed by atoms with E-state index in [9.17, 15) is 9.59 Å². The van der Waals surface area contributed by atoms with E-state index < -0.39 is 0 Å². The van der Waals surface area contributed by atoms with Gasteiger partial charge in [0.1, 0.15) is 11.5 Å². The Balaban J connectivity index is 1.61. The van der Waals surface area contributed by atoms with Crippen molar-refractivity contribution < 1.29 is 19.1 Å². The quantitative estimate of drug-likeness (QED) is 0.792. The Bertz CT molecular complexity index is 927. The molecule has 2 aromatic rings. The minimum atomic E-state index is -0.353. The summed E-state index contributed by atoms with van der Waals surface area (Å²) in [6, 6.07) is 12.8. The molecule has 1 aliphatic heterocycles. The molecule has 7 nitrogen and oxygen atoms in total. The summed E-state index contributed by atoms with van der Waals surface area (Å²) in [7, 11) is 3.09. The van der Waals surface area contributed by atoms with E-state index in [0.29, 0.717) is 35.8 Å². The molecule has 3 rings (SSSR count). The van der Waals surface area contributed by atoms with Crippen molar-refractivity contribution in [3.63, 3.8) is 0 Å². The number of hydrogen-bond donors (Lipinski definition) is 1. The molecule has 31 heavy (non-hydrogen) atoms. The molecule has 166 valence electrons. The lowest BCUT2D eigenvalue weighted by Gasteiger charge is -2.38. The number of ether oxygens (including phenoxy) is 2. The second-order valence-electron chi connectivity index (χ2n) is 8.60. The Morgan fingerprint density at radius 2 is 1.55 bits per heavy atom. The number of piperazine rings is 1. The van der Waals surface area contributed by atoms with Crippen LogP contribution in [-0.2, 0) is 4.79 Å². The van der Waals surface area contributed by atoms with E-state index in [1.165, 1.54) is 7.11 Å². The van der Waals surface area contributed by atoms with E-state index in [2.05, 4.69) is 10.2 Å². The number of benzene rings is 2. The number of hydrogen-bond acceptors (Lipinski definition) is 5. The van der Waals surface area contributed by atoms with E-state index in [1.54, 1.807) is 25.3 Å². The predicted octanol–water partition coefficient (Wildman–Crippen LogP) is 3.65.